The largest absolute Gasteiger partial charge is 0.367 e. The van der Waals surface area contributed by atoms with Gasteiger partial charge in [-0.1, -0.05) is 6.08 Å². The fourth-order valence-electron chi connectivity index (χ4n) is 4.18. The number of fused-ring (bicyclic) bond motifs is 3. The number of carbonyl (C=O) groups is 2. The molecule has 2 aliphatic carbocycles. The molecule has 2 fully saturated rings. The van der Waals surface area contributed by atoms with Crippen LogP contribution in [-0.4, -0.2) is 42.3 Å². The highest BCUT2D eigenvalue weighted by Crippen LogP contribution is 2.42. The Hall–Kier alpha value is -1.30. The van der Waals surface area contributed by atoms with Crippen LogP contribution < -0.4 is 0 Å². The van der Waals surface area contributed by atoms with Crippen LogP contribution in [0.1, 0.15) is 33.1 Å². The lowest BCUT2D eigenvalue weighted by Gasteiger charge is -2.43. The number of ether oxygens (including phenoxy) is 3. The van der Waals surface area contributed by atoms with Crippen LogP contribution in [0.5, 0.6) is 0 Å². The van der Waals surface area contributed by atoms with Gasteiger partial charge in [-0.05, 0) is 50.8 Å². The normalized spacial score (nSPS) is 42.2. The zero-order valence-electron chi connectivity index (χ0n) is 13.5. The number of rotatable bonds is 1. The van der Waals surface area contributed by atoms with Crippen molar-refractivity contribution in [2.24, 2.45) is 11.8 Å². The van der Waals surface area contributed by atoms with E-state index in [0.717, 1.165) is 18.4 Å². The van der Waals surface area contributed by atoms with E-state index < -0.39 is 5.79 Å². The van der Waals surface area contributed by atoms with Crippen molar-refractivity contribution in [2.45, 2.75) is 57.2 Å². The quantitative estimate of drug-likeness (QED) is 0.692. The molecule has 2 saturated heterocycles. The molecule has 0 radical (unpaired) electrons. The summed E-state index contributed by atoms with van der Waals surface area (Å²) in [6, 6.07) is 0. The molecule has 124 valence electrons. The second-order valence-electron chi connectivity index (χ2n) is 7.29. The van der Waals surface area contributed by atoms with Crippen LogP contribution >= 0.6 is 0 Å². The van der Waals surface area contributed by atoms with Crippen LogP contribution in [0.15, 0.2) is 23.8 Å². The highest BCUT2D eigenvalue weighted by atomic mass is 16.7. The first-order valence-corrected chi connectivity index (χ1v) is 8.36. The summed E-state index contributed by atoms with van der Waals surface area (Å²) in [6.07, 6.45) is 6.84. The topological polar surface area (TPSA) is 61.8 Å². The van der Waals surface area contributed by atoms with Crippen LogP contribution in [0.4, 0.5) is 0 Å². The fraction of sp³-hybridized carbons (Fsp3) is 0.667. The maximum Gasteiger partial charge on any atom is 0.163 e. The molecule has 0 aromatic rings. The minimum Gasteiger partial charge on any atom is -0.367 e. The fourth-order valence-corrected chi connectivity index (χ4v) is 4.18. The Morgan fingerprint density at radius 1 is 1.13 bits per heavy atom. The number of ketones is 2. The monoisotopic (exact) mass is 318 g/mol. The zero-order chi connectivity index (χ0) is 16.2. The molecule has 0 spiro atoms. The SMILES string of the molecule is CC1(C)OC[C@@H]([C@H]2CCC3=CC[C@@H]4C(=O)C=CC(=O)[C@@H]4[C@@H]3O2)O1. The summed E-state index contributed by atoms with van der Waals surface area (Å²) in [5.41, 5.74) is 1.16. The van der Waals surface area contributed by atoms with Crippen molar-refractivity contribution in [3.63, 3.8) is 0 Å². The van der Waals surface area contributed by atoms with Gasteiger partial charge in [-0.15, -0.1) is 0 Å². The van der Waals surface area contributed by atoms with E-state index in [-0.39, 0.29) is 41.7 Å². The number of allylic oxidation sites excluding steroid dienone is 3. The molecule has 0 bridgehead atoms. The van der Waals surface area contributed by atoms with Crippen LogP contribution in [0.25, 0.3) is 0 Å². The first kappa shape index (κ1) is 15.2. The molecule has 0 N–H and O–H groups in total. The van der Waals surface area contributed by atoms with Gasteiger partial charge in [0.15, 0.2) is 17.4 Å². The van der Waals surface area contributed by atoms with Gasteiger partial charge in [0.1, 0.15) is 6.10 Å². The lowest BCUT2D eigenvalue weighted by atomic mass is 9.69. The highest BCUT2D eigenvalue weighted by molar-refractivity contribution is 6.08. The molecule has 2 heterocycles. The molecule has 0 amide bonds. The average Bonchev–Trinajstić information content (AvgIpc) is 2.90. The minimum absolute atomic E-state index is 0.00905. The van der Waals surface area contributed by atoms with Crippen molar-refractivity contribution in [3.05, 3.63) is 23.8 Å². The molecule has 23 heavy (non-hydrogen) atoms. The molecular formula is C18H22O5. The van der Waals surface area contributed by atoms with Gasteiger partial charge < -0.3 is 14.2 Å². The van der Waals surface area contributed by atoms with Gasteiger partial charge in [-0.2, -0.15) is 0 Å². The molecule has 0 unspecified atom stereocenters. The van der Waals surface area contributed by atoms with Crippen molar-refractivity contribution in [2.75, 3.05) is 6.61 Å². The molecule has 2 aliphatic heterocycles. The first-order valence-electron chi connectivity index (χ1n) is 8.36. The van der Waals surface area contributed by atoms with Crippen LogP contribution in [-0.2, 0) is 23.8 Å². The summed E-state index contributed by atoms with van der Waals surface area (Å²) < 4.78 is 17.8. The predicted octanol–water partition coefficient (Wildman–Crippen LogP) is 1.96. The van der Waals surface area contributed by atoms with E-state index in [4.69, 9.17) is 14.2 Å². The molecule has 5 atom stereocenters. The van der Waals surface area contributed by atoms with E-state index in [0.29, 0.717) is 13.0 Å². The van der Waals surface area contributed by atoms with Crippen LogP contribution in [0, 0.1) is 11.8 Å². The molecule has 4 rings (SSSR count). The Labute approximate surface area is 135 Å². The summed E-state index contributed by atoms with van der Waals surface area (Å²) in [7, 11) is 0. The van der Waals surface area contributed by atoms with Gasteiger partial charge in [0.2, 0.25) is 0 Å². The van der Waals surface area contributed by atoms with Crippen molar-refractivity contribution < 1.29 is 23.8 Å². The minimum atomic E-state index is -0.585. The lowest BCUT2D eigenvalue weighted by Crippen LogP contribution is -2.50. The van der Waals surface area contributed by atoms with E-state index in [1.165, 1.54) is 12.2 Å². The molecule has 0 saturated carbocycles. The standard InChI is InChI=1S/C18H22O5/c1-18(2)21-9-15(23-18)14-8-4-10-3-5-11-12(19)6-7-13(20)16(11)17(10)22-14/h3,6-7,11,14-17H,4-5,8-9H2,1-2H3/t11-,14-,15+,16-,17-/m1/s1. The van der Waals surface area contributed by atoms with Gasteiger partial charge in [0.05, 0.1) is 24.7 Å². The molecule has 0 aromatic heterocycles. The Morgan fingerprint density at radius 2 is 1.91 bits per heavy atom. The van der Waals surface area contributed by atoms with Gasteiger partial charge in [0.25, 0.3) is 0 Å². The maximum atomic E-state index is 12.4. The highest BCUT2D eigenvalue weighted by Gasteiger charge is 2.48. The number of carbonyl (C=O) groups excluding carboxylic acids is 2. The van der Waals surface area contributed by atoms with E-state index in [2.05, 4.69) is 6.08 Å². The smallest absolute Gasteiger partial charge is 0.163 e. The Kier molecular flexibility index (Phi) is 3.55. The summed E-state index contributed by atoms with van der Waals surface area (Å²) in [4.78, 5) is 24.5. The zero-order valence-corrected chi connectivity index (χ0v) is 13.5. The average molecular weight is 318 g/mol. The van der Waals surface area contributed by atoms with Gasteiger partial charge in [0, 0.05) is 5.92 Å². The Balaban J connectivity index is 1.56. The Bertz CT molecular complexity index is 603. The first-order chi connectivity index (χ1) is 10.9. The van der Waals surface area contributed by atoms with E-state index >= 15 is 0 Å². The molecular weight excluding hydrogens is 296 g/mol. The van der Waals surface area contributed by atoms with Crippen molar-refractivity contribution in [1.82, 2.24) is 0 Å². The lowest BCUT2D eigenvalue weighted by molar-refractivity contribution is -0.173. The second-order valence-corrected chi connectivity index (χ2v) is 7.29. The summed E-state index contributed by atoms with van der Waals surface area (Å²) in [5, 5.41) is 0. The third-order valence-corrected chi connectivity index (χ3v) is 5.35. The second kappa shape index (κ2) is 5.36. The summed E-state index contributed by atoms with van der Waals surface area (Å²) in [6.45, 7) is 4.29. The van der Waals surface area contributed by atoms with E-state index in [9.17, 15) is 9.59 Å². The molecule has 5 nitrogen and oxygen atoms in total. The van der Waals surface area contributed by atoms with Gasteiger partial charge in [-0.25, -0.2) is 0 Å². The summed E-state index contributed by atoms with van der Waals surface area (Å²) in [5.74, 6) is -1.17. The number of hydrogen-bond donors (Lipinski definition) is 0. The van der Waals surface area contributed by atoms with Gasteiger partial charge >= 0.3 is 0 Å². The van der Waals surface area contributed by atoms with E-state index in [1.54, 1.807) is 0 Å². The van der Waals surface area contributed by atoms with Gasteiger partial charge in [-0.3, -0.25) is 9.59 Å². The van der Waals surface area contributed by atoms with Crippen LogP contribution in [0.3, 0.4) is 0 Å². The summed E-state index contributed by atoms with van der Waals surface area (Å²) >= 11 is 0. The Morgan fingerprint density at radius 3 is 2.65 bits per heavy atom. The van der Waals surface area contributed by atoms with E-state index in [1.807, 2.05) is 13.8 Å². The maximum absolute atomic E-state index is 12.4. The molecule has 4 aliphatic rings. The number of hydrogen-bond acceptors (Lipinski definition) is 5. The van der Waals surface area contributed by atoms with Crippen molar-refractivity contribution >= 4 is 11.6 Å². The van der Waals surface area contributed by atoms with Crippen LogP contribution in [0.2, 0.25) is 0 Å². The third kappa shape index (κ3) is 2.61. The predicted molar refractivity (Wildman–Crippen MR) is 81.6 cm³/mol. The van der Waals surface area contributed by atoms with Crippen molar-refractivity contribution in [1.29, 1.82) is 0 Å². The molecule has 5 heteroatoms. The van der Waals surface area contributed by atoms with Crippen molar-refractivity contribution in [3.8, 4) is 0 Å². The molecule has 0 aromatic carbocycles. The third-order valence-electron chi connectivity index (χ3n) is 5.35.